The van der Waals surface area contributed by atoms with Crippen LogP contribution in [0.1, 0.15) is 33.6 Å². The number of anilines is 1. The van der Waals surface area contributed by atoms with Gasteiger partial charge in [-0.25, -0.2) is 0 Å². The Morgan fingerprint density at radius 2 is 1.79 bits per heavy atom. The van der Waals surface area contributed by atoms with Crippen LogP contribution >= 0.6 is 23.1 Å². The number of carbonyl (C=O) groups excluding carboxylic acids is 3. The molecule has 0 aliphatic carbocycles. The SMILES string of the molecule is CSc1nnc(NC(=O)CCCN2C(=O)c3cccc4cccc(c34)C2=O)s1. The molecule has 2 heterocycles. The number of imide groups is 1. The first-order valence-electron chi connectivity index (χ1n) is 8.64. The minimum Gasteiger partial charge on any atom is -0.301 e. The molecule has 0 radical (unpaired) electrons. The summed E-state index contributed by atoms with van der Waals surface area (Å²) < 4.78 is 0.771. The minimum absolute atomic E-state index is 0.178. The van der Waals surface area contributed by atoms with Crippen molar-refractivity contribution in [3.05, 3.63) is 47.5 Å². The van der Waals surface area contributed by atoms with Gasteiger partial charge in [-0.2, -0.15) is 0 Å². The molecule has 9 heteroatoms. The van der Waals surface area contributed by atoms with Gasteiger partial charge in [-0.3, -0.25) is 19.3 Å². The van der Waals surface area contributed by atoms with E-state index in [9.17, 15) is 14.4 Å². The molecule has 1 aliphatic heterocycles. The zero-order valence-electron chi connectivity index (χ0n) is 15.0. The molecule has 0 bridgehead atoms. The zero-order chi connectivity index (χ0) is 19.7. The first-order chi connectivity index (χ1) is 13.6. The van der Waals surface area contributed by atoms with Gasteiger partial charge >= 0.3 is 0 Å². The highest BCUT2D eigenvalue weighted by Crippen LogP contribution is 2.30. The zero-order valence-corrected chi connectivity index (χ0v) is 16.6. The Morgan fingerprint density at radius 1 is 1.11 bits per heavy atom. The molecule has 4 rings (SSSR count). The lowest BCUT2D eigenvalue weighted by Gasteiger charge is -2.27. The highest BCUT2D eigenvalue weighted by atomic mass is 32.2. The second-order valence-electron chi connectivity index (χ2n) is 6.20. The van der Waals surface area contributed by atoms with Gasteiger partial charge in [-0.1, -0.05) is 47.4 Å². The highest BCUT2D eigenvalue weighted by Gasteiger charge is 2.32. The van der Waals surface area contributed by atoms with Crippen LogP contribution in [-0.4, -0.2) is 45.6 Å². The number of benzene rings is 2. The van der Waals surface area contributed by atoms with Crippen LogP contribution in [0.25, 0.3) is 10.8 Å². The maximum absolute atomic E-state index is 12.8. The summed E-state index contributed by atoms with van der Waals surface area (Å²) in [5.74, 6) is -0.852. The van der Waals surface area contributed by atoms with Crippen LogP contribution in [0.4, 0.5) is 5.13 Å². The number of carbonyl (C=O) groups is 3. The van der Waals surface area contributed by atoms with Gasteiger partial charge in [-0.15, -0.1) is 10.2 Å². The molecule has 0 unspecified atom stereocenters. The van der Waals surface area contributed by atoms with E-state index in [0.29, 0.717) is 28.1 Å². The normalized spacial score (nSPS) is 13.2. The molecule has 0 saturated heterocycles. The molecule has 0 spiro atoms. The van der Waals surface area contributed by atoms with E-state index in [4.69, 9.17) is 0 Å². The molecule has 7 nitrogen and oxygen atoms in total. The van der Waals surface area contributed by atoms with Gasteiger partial charge in [0.25, 0.3) is 11.8 Å². The lowest BCUT2D eigenvalue weighted by molar-refractivity contribution is -0.116. The molecular formula is C19H16N4O3S2. The maximum Gasteiger partial charge on any atom is 0.261 e. The molecule has 3 aromatic rings. The van der Waals surface area contributed by atoms with Crippen molar-refractivity contribution in [1.29, 1.82) is 0 Å². The fourth-order valence-corrected chi connectivity index (χ4v) is 4.39. The van der Waals surface area contributed by atoms with Crippen molar-refractivity contribution in [1.82, 2.24) is 15.1 Å². The van der Waals surface area contributed by atoms with E-state index < -0.39 is 0 Å². The van der Waals surface area contributed by atoms with Crippen LogP contribution < -0.4 is 5.32 Å². The molecule has 1 N–H and O–H groups in total. The van der Waals surface area contributed by atoms with Gasteiger partial charge in [0.2, 0.25) is 11.0 Å². The lowest BCUT2D eigenvalue weighted by Crippen LogP contribution is -2.41. The van der Waals surface area contributed by atoms with Crippen molar-refractivity contribution in [3.63, 3.8) is 0 Å². The molecule has 2 aromatic carbocycles. The summed E-state index contributed by atoms with van der Waals surface area (Å²) in [5, 5.41) is 12.5. The van der Waals surface area contributed by atoms with Crippen molar-refractivity contribution < 1.29 is 14.4 Å². The van der Waals surface area contributed by atoms with Crippen molar-refractivity contribution in [3.8, 4) is 0 Å². The lowest BCUT2D eigenvalue weighted by atomic mass is 9.94. The fourth-order valence-electron chi connectivity index (χ4n) is 3.21. The second kappa shape index (κ2) is 7.69. The Bertz CT molecular complexity index is 1040. The van der Waals surface area contributed by atoms with E-state index in [1.54, 1.807) is 12.1 Å². The molecular weight excluding hydrogens is 396 g/mol. The molecule has 1 aromatic heterocycles. The van der Waals surface area contributed by atoms with E-state index in [2.05, 4.69) is 15.5 Å². The molecule has 3 amide bonds. The van der Waals surface area contributed by atoms with Crippen molar-refractivity contribution in [2.24, 2.45) is 0 Å². The monoisotopic (exact) mass is 412 g/mol. The summed E-state index contributed by atoms with van der Waals surface area (Å²) in [6, 6.07) is 10.9. The van der Waals surface area contributed by atoms with E-state index in [-0.39, 0.29) is 30.7 Å². The van der Waals surface area contributed by atoms with Crippen molar-refractivity contribution >= 4 is 56.7 Å². The Labute approximate surface area is 169 Å². The molecule has 142 valence electrons. The molecule has 0 fully saturated rings. The highest BCUT2D eigenvalue weighted by molar-refractivity contribution is 8.00. The van der Waals surface area contributed by atoms with Crippen LogP contribution in [0.2, 0.25) is 0 Å². The first-order valence-corrected chi connectivity index (χ1v) is 10.7. The average Bonchev–Trinajstić information content (AvgIpc) is 3.16. The summed E-state index contributed by atoms with van der Waals surface area (Å²) in [6.07, 6.45) is 2.43. The van der Waals surface area contributed by atoms with E-state index >= 15 is 0 Å². The summed E-state index contributed by atoms with van der Waals surface area (Å²) in [4.78, 5) is 38.9. The quantitative estimate of drug-likeness (QED) is 0.379. The number of aromatic nitrogens is 2. The second-order valence-corrected chi connectivity index (χ2v) is 8.23. The van der Waals surface area contributed by atoms with Crippen LogP contribution in [-0.2, 0) is 4.79 Å². The van der Waals surface area contributed by atoms with Gasteiger partial charge in [0.15, 0.2) is 4.34 Å². The number of amides is 3. The summed E-state index contributed by atoms with van der Waals surface area (Å²) in [7, 11) is 0. The number of rotatable bonds is 6. The summed E-state index contributed by atoms with van der Waals surface area (Å²) in [5.41, 5.74) is 1.05. The van der Waals surface area contributed by atoms with Gasteiger partial charge < -0.3 is 5.32 Å². The molecule has 28 heavy (non-hydrogen) atoms. The smallest absolute Gasteiger partial charge is 0.261 e. The number of hydrogen-bond donors (Lipinski definition) is 1. The van der Waals surface area contributed by atoms with Crippen LogP contribution in [0, 0.1) is 0 Å². The Hall–Kier alpha value is -2.78. The number of hydrogen-bond acceptors (Lipinski definition) is 7. The molecule has 1 aliphatic rings. The van der Waals surface area contributed by atoms with Gasteiger partial charge in [0.1, 0.15) is 0 Å². The van der Waals surface area contributed by atoms with Gasteiger partial charge in [-0.05, 0) is 30.2 Å². The number of thioether (sulfide) groups is 1. The standard InChI is InChI=1S/C19H16N4O3S2/c1-27-19-22-21-18(28-19)20-14(24)9-4-10-23-16(25)12-7-2-5-11-6-3-8-13(15(11)12)17(23)26/h2-3,5-8H,4,9-10H2,1H3,(H,20,21,24). The summed E-state index contributed by atoms with van der Waals surface area (Å²) >= 11 is 2.76. The predicted octanol–water partition coefficient (Wildman–Crippen LogP) is 3.43. The Morgan fingerprint density at radius 3 is 2.39 bits per heavy atom. The maximum atomic E-state index is 12.8. The topological polar surface area (TPSA) is 92.3 Å². The van der Waals surface area contributed by atoms with Crippen molar-refractivity contribution in [2.75, 3.05) is 18.1 Å². The predicted molar refractivity (Wildman–Crippen MR) is 109 cm³/mol. The molecule has 0 atom stereocenters. The van der Waals surface area contributed by atoms with E-state index in [0.717, 1.165) is 9.73 Å². The van der Waals surface area contributed by atoms with Crippen LogP contribution in [0.15, 0.2) is 40.7 Å². The van der Waals surface area contributed by atoms with Gasteiger partial charge in [0, 0.05) is 29.5 Å². The number of nitrogens with one attached hydrogen (secondary N) is 1. The first kappa shape index (κ1) is 18.6. The van der Waals surface area contributed by atoms with Gasteiger partial charge in [0.05, 0.1) is 0 Å². The third-order valence-electron chi connectivity index (χ3n) is 4.47. The Balaban J connectivity index is 1.42. The number of nitrogens with zero attached hydrogens (tertiary/aromatic N) is 3. The fraction of sp³-hybridized carbons (Fsp3) is 0.211. The van der Waals surface area contributed by atoms with Crippen LogP contribution in [0.3, 0.4) is 0 Å². The van der Waals surface area contributed by atoms with E-state index in [1.165, 1.54) is 28.0 Å². The van der Waals surface area contributed by atoms with Crippen molar-refractivity contribution in [2.45, 2.75) is 17.2 Å². The van der Waals surface area contributed by atoms with Crippen LogP contribution in [0.5, 0.6) is 0 Å². The minimum atomic E-state index is -0.316. The largest absolute Gasteiger partial charge is 0.301 e. The Kier molecular flexibility index (Phi) is 5.10. The summed E-state index contributed by atoms with van der Waals surface area (Å²) in [6.45, 7) is 0.183. The molecule has 0 saturated carbocycles. The van der Waals surface area contributed by atoms with E-state index in [1.807, 2.05) is 30.5 Å². The third kappa shape index (κ3) is 3.38. The average molecular weight is 412 g/mol. The third-order valence-corrected chi connectivity index (χ3v) is 6.28.